The highest BCUT2D eigenvalue weighted by Gasteiger charge is 2.36. The predicted octanol–water partition coefficient (Wildman–Crippen LogP) is 4.10. The van der Waals surface area contributed by atoms with Gasteiger partial charge in [-0.25, -0.2) is 4.79 Å². The molecule has 0 unspecified atom stereocenters. The molecule has 2 aromatic heterocycles. The molecule has 1 fully saturated rings. The van der Waals surface area contributed by atoms with Crippen LogP contribution in [0.5, 0.6) is 0 Å². The molecule has 0 saturated carbocycles. The molecule has 0 spiro atoms. The fraction of sp³-hybridized carbons (Fsp3) is 0.316. The van der Waals surface area contributed by atoms with Crippen LogP contribution in [0.25, 0.3) is 10.9 Å². The molecule has 1 N–H and O–H groups in total. The maximum absolute atomic E-state index is 13.7. The molecule has 1 aromatic carbocycles. The van der Waals surface area contributed by atoms with Crippen molar-refractivity contribution in [2.24, 2.45) is 0 Å². The third-order valence-corrected chi connectivity index (χ3v) is 5.00. The first-order chi connectivity index (χ1) is 13.3. The standard InChI is InChI=1S/C19H18F3N3O3/c20-19(21,22)17-11-14-15(23-6-8-24(9-7-23)18(26)27)4-1-5-16(14)25(17)12-13-3-2-10-28-13/h1-5,10-11H,6-9,12H2,(H,26,27). The number of furan rings is 1. The van der Waals surface area contributed by atoms with Gasteiger partial charge in [-0.2, -0.15) is 13.2 Å². The van der Waals surface area contributed by atoms with Gasteiger partial charge < -0.3 is 23.9 Å². The second kappa shape index (κ2) is 6.81. The van der Waals surface area contributed by atoms with Gasteiger partial charge in [0.05, 0.1) is 18.3 Å². The van der Waals surface area contributed by atoms with Crippen LogP contribution < -0.4 is 4.90 Å². The molecule has 9 heteroatoms. The van der Waals surface area contributed by atoms with E-state index in [1.54, 1.807) is 30.3 Å². The van der Waals surface area contributed by atoms with Crippen LogP contribution in [0.15, 0.2) is 47.1 Å². The molecule has 0 radical (unpaired) electrons. The molecule has 1 aliphatic rings. The normalized spacial score (nSPS) is 15.4. The molecule has 148 valence electrons. The summed E-state index contributed by atoms with van der Waals surface area (Å²) >= 11 is 0. The number of hydrogen-bond donors (Lipinski definition) is 1. The van der Waals surface area contributed by atoms with Crippen molar-refractivity contribution in [2.75, 3.05) is 31.1 Å². The monoisotopic (exact) mass is 393 g/mol. The zero-order valence-corrected chi connectivity index (χ0v) is 14.8. The van der Waals surface area contributed by atoms with Gasteiger partial charge in [-0.3, -0.25) is 0 Å². The van der Waals surface area contributed by atoms with Crippen LogP contribution in [0.3, 0.4) is 0 Å². The number of carboxylic acid groups (broad SMARTS) is 1. The number of nitrogens with zero attached hydrogens (tertiary/aromatic N) is 3. The summed E-state index contributed by atoms with van der Waals surface area (Å²) in [7, 11) is 0. The Hall–Kier alpha value is -3.10. The van der Waals surface area contributed by atoms with Crippen LogP contribution >= 0.6 is 0 Å². The van der Waals surface area contributed by atoms with Gasteiger partial charge in [0.25, 0.3) is 0 Å². The topological polar surface area (TPSA) is 61.9 Å². The number of piperazine rings is 1. The zero-order chi connectivity index (χ0) is 19.9. The molecule has 4 rings (SSSR count). The summed E-state index contributed by atoms with van der Waals surface area (Å²) in [6.07, 6.45) is -4.06. The number of alkyl halides is 3. The fourth-order valence-electron chi connectivity index (χ4n) is 3.65. The van der Waals surface area contributed by atoms with Crippen molar-refractivity contribution < 1.29 is 27.5 Å². The summed E-state index contributed by atoms with van der Waals surface area (Å²) in [4.78, 5) is 14.3. The van der Waals surface area contributed by atoms with E-state index in [1.807, 2.05) is 4.90 Å². The van der Waals surface area contributed by atoms with Gasteiger partial charge in [0.1, 0.15) is 11.5 Å². The highest BCUT2D eigenvalue weighted by molar-refractivity contribution is 5.94. The van der Waals surface area contributed by atoms with E-state index in [4.69, 9.17) is 9.52 Å². The Bertz CT molecular complexity index is 987. The van der Waals surface area contributed by atoms with E-state index >= 15 is 0 Å². The van der Waals surface area contributed by atoms with Gasteiger partial charge in [-0.15, -0.1) is 0 Å². The van der Waals surface area contributed by atoms with E-state index in [0.29, 0.717) is 48.5 Å². The molecule has 1 saturated heterocycles. The maximum Gasteiger partial charge on any atom is 0.431 e. The SMILES string of the molecule is O=C(O)N1CCN(c2cccc3c2cc(C(F)(F)F)n3Cc2ccco2)CC1. The minimum Gasteiger partial charge on any atom is -0.467 e. The van der Waals surface area contributed by atoms with Crippen molar-refractivity contribution in [3.05, 3.63) is 54.1 Å². The van der Waals surface area contributed by atoms with Gasteiger partial charge in [0.2, 0.25) is 0 Å². The summed E-state index contributed by atoms with van der Waals surface area (Å²) in [5.74, 6) is 0.434. The number of fused-ring (bicyclic) bond motifs is 1. The molecule has 6 nitrogen and oxygen atoms in total. The molecule has 1 aliphatic heterocycles. The van der Waals surface area contributed by atoms with Crippen molar-refractivity contribution in [1.29, 1.82) is 0 Å². The largest absolute Gasteiger partial charge is 0.467 e. The molecule has 3 aromatic rings. The summed E-state index contributed by atoms with van der Waals surface area (Å²) in [5.41, 5.74) is 0.392. The van der Waals surface area contributed by atoms with E-state index in [1.165, 1.54) is 15.7 Å². The van der Waals surface area contributed by atoms with Crippen molar-refractivity contribution in [2.45, 2.75) is 12.7 Å². The second-order valence-electron chi connectivity index (χ2n) is 6.66. The Morgan fingerprint density at radius 1 is 1.11 bits per heavy atom. The van der Waals surface area contributed by atoms with Crippen molar-refractivity contribution in [1.82, 2.24) is 9.47 Å². The smallest absolute Gasteiger partial charge is 0.431 e. The minimum atomic E-state index is -4.51. The first-order valence-electron chi connectivity index (χ1n) is 8.79. The third kappa shape index (κ3) is 3.28. The Morgan fingerprint density at radius 2 is 1.86 bits per heavy atom. The van der Waals surface area contributed by atoms with Crippen LogP contribution in [0.2, 0.25) is 0 Å². The first kappa shape index (κ1) is 18.3. The predicted molar refractivity (Wildman–Crippen MR) is 96.6 cm³/mol. The lowest BCUT2D eigenvalue weighted by atomic mass is 10.1. The zero-order valence-electron chi connectivity index (χ0n) is 14.8. The van der Waals surface area contributed by atoms with Gasteiger partial charge in [-0.1, -0.05) is 6.07 Å². The third-order valence-electron chi connectivity index (χ3n) is 5.00. The van der Waals surface area contributed by atoms with Gasteiger partial charge in [-0.05, 0) is 30.3 Å². The number of aromatic nitrogens is 1. The molecule has 0 bridgehead atoms. The number of benzene rings is 1. The van der Waals surface area contributed by atoms with Crippen LogP contribution in [-0.2, 0) is 12.7 Å². The Labute approximate surface area is 158 Å². The van der Waals surface area contributed by atoms with Gasteiger partial charge in [0.15, 0.2) is 0 Å². The van der Waals surface area contributed by atoms with E-state index in [2.05, 4.69) is 0 Å². The van der Waals surface area contributed by atoms with Crippen molar-refractivity contribution in [3.63, 3.8) is 0 Å². The number of amides is 1. The van der Waals surface area contributed by atoms with E-state index in [0.717, 1.165) is 6.07 Å². The average molecular weight is 393 g/mol. The van der Waals surface area contributed by atoms with E-state index in [9.17, 15) is 18.0 Å². The molecule has 28 heavy (non-hydrogen) atoms. The molecule has 0 atom stereocenters. The summed E-state index contributed by atoms with van der Waals surface area (Å²) in [6, 6.07) is 9.60. The molecular formula is C19H18F3N3O3. The number of carbonyl (C=O) groups is 1. The minimum absolute atomic E-state index is 0.0262. The fourth-order valence-corrected chi connectivity index (χ4v) is 3.65. The average Bonchev–Trinajstić information content (AvgIpc) is 3.30. The lowest BCUT2D eigenvalue weighted by molar-refractivity contribution is -0.143. The highest BCUT2D eigenvalue weighted by atomic mass is 19.4. The van der Waals surface area contributed by atoms with E-state index < -0.39 is 18.0 Å². The highest BCUT2D eigenvalue weighted by Crippen LogP contribution is 2.38. The van der Waals surface area contributed by atoms with Crippen molar-refractivity contribution >= 4 is 22.7 Å². The summed E-state index contributed by atoms with van der Waals surface area (Å²) in [5, 5.41) is 9.58. The molecule has 3 heterocycles. The lowest BCUT2D eigenvalue weighted by Gasteiger charge is -2.35. The van der Waals surface area contributed by atoms with Gasteiger partial charge >= 0.3 is 12.3 Å². The Balaban J connectivity index is 1.76. The number of halogens is 3. The number of rotatable bonds is 3. The number of anilines is 1. The van der Waals surface area contributed by atoms with Crippen molar-refractivity contribution in [3.8, 4) is 0 Å². The van der Waals surface area contributed by atoms with E-state index in [-0.39, 0.29) is 6.54 Å². The second-order valence-corrected chi connectivity index (χ2v) is 6.66. The van der Waals surface area contributed by atoms with Crippen LogP contribution in [-0.4, -0.2) is 46.8 Å². The van der Waals surface area contributed by atoms with Crippen LogP contribution in [0.4, 0.5) is 23.7 Å². The summed E-state index contributed by atoms with van der Waals surface area (Å²) in [6.45, 7) is 1.45. The first-order valence-corrected chi connectivity index (χ1v) is 8.79. The Kier molecular flexibility index (Phi) is 4.44. The lowest BCUT2D eigenvalue weighted by Crippen LogP contribution is -2.48. The van der Waals surface area contributed by atoms with Gasteiger partial charge in [0, 0.05) is 37.3 Å². The van der Waals surface area contributed by atoms with Crippen LogP contribution in [0, 0.1) is 0 Å². The Morgan fingerprint density at radius 3 is 2.46 bits per heavy atom. The summed E-state index contributed by atoms with van der Waals surface area (Å²) < 4.78 is 47.5. The van der Waals surface area contributed by atoms with Crippen LogP contribution in [0.1, 0.15) is 11.5 Å². The quantitative estimate of drug-likeness (QED) is 0.728. The maximum atomic E-state index is 13.7. The molecule has 1 amide bonds. The molecular weight excluding hydrogens is 375 g/mol. The number of hydrogen-bond acceptors (Lipinski definition) is 3. The molecule has 0 aliphatic carbocycles.